The number of aryl methyl sites for hydroxylation is 1. The molecule has 0 aliphatic rings. The van der Waals surface area contributed by atoms with Crippen molar-refractivity contribution in [2.75, 3.05) is 0 Å². The van der Waals surface area contributed by atoms with Crippen molar-refractivity contribution in [1.29, 1.82) is 5.26 Å². The molecule has 0 aliphatic carbocycles. The summed E-state index contributed by atoms with van der Waals surface area (Å²) in [4.78, 5) is 10.6. The van der Waals surface area contributed by atoms with Gasteiger partial charge in [0, 0.05) is 5.56 Å². The van der Waals surface area contributed by atoms with Gasteiger partial charge in [-0.2, -0.15) is 14.0 Å². The molecule has 1 rings (SSSR count). The van der Waals surface area contributed by atoms with E-state index >= 15 is 0 Å². The lowest BCUT2D eigenvalue weighted by molar-refractivity contribution is -0.0498. The minimum Gasteiger partial charge on any atom is -0.435 e. The van der Waals surface area contributed by atoms with E-state index in [1.165, 1.54) is 6.07 Å². The maximum absolute atomic E-state index is 11.9. The van der Waals surface area contributed by atoms with Crippen molar-refractivity contribution in [1.82, 2.24) is 0 Å². The average Bonchev–Trinajstić information content (AvgIpc) is 2.15. The minimum absolute atomic E-state index is 0.0284. The SMILES string of the molecule is Cc1cc(OC(F)F)cc(C#N)c1C=O. The van der Waals surface area contributed by atoms with Crippen LogP contribution in [0.1, 0.15) is 21.5 Å². The highest BCUT2D eigenvalue weighted by Gasteiger charge is 2.10. The zero-order valence-electron chi connectivity index (χ0n) is 7.83. The number of aldehydes is 1. The van der Waals surface area contributed by atoms with Crippen molar-refractivity contribution >= 4 is 6.29 Å². The van der Waals surface area contributed by atoms with Gasteiger partial charge >= 0.3 is 6.61 Å². The van der Waals surface area contributed by atoms with Gasteiger partial charge in [0.25, 0.3) is 0 Å². The Hall–Kier alpha value is -1.96. The number of carbonyl (C=O) groups excluding carboxylic acids is 1. The molecule has 0 aliphatic heterocycles. The molecule has 0 amide bonds. The molecule has 0 radical (unpaired) electrons. The van der Waals surface area contributed by atoms with E-state index in [-0.39, 0.29) is 16.9 Å². The monoisotopic (exact) mass is 211 g/mol. The summed E-state index contributed by atoms with van der Waals surface area (Å²) in [5.41, 5.74) is 0.652. The van der Waals surface area contributed by atoms with Crippen LogP contribution in [0, 0.1) is 18.3 Å². The van der Waals surface area contributed by atoms with Gasteiger partial charge in [0.2, 0.25) is 0 Å². The molecule has 1 aromatic carbocycles. The number of hydrogen-bond acceptors (Lipinski definition) is 3. The second-order valence-corrected chi connectivity index (χ2v) is 2.81. The third-order valence-electron chi connectivity index (χ3n) is 1.82. The summed E-state index contributed by atoms with van der Waals surface area (Å²) in [6.07, 6.45) is 0.514. The van der Waals surface area contributed by atoms with Crippen molar-refractivity contribution < 1.29 is 18.3 Å². The molecule has 0 heterocycles. The quantitative estimate of drug-likeness (QED) is 0.720. The van der Waals surface area contributed by atoms with Crippen LogP contribution in [0.25, 0.3) is 0 Å². The zero-order valence-corrected chi connectivity index (χ0v) is 7.83. The first-order chi connectivity index (χ1) is 7.08. The highest BCUT2D eigenvalue weighted by molar-refractivity contribution is 5.81. The Bertz CT molecular complexity index is 424. The third kappa shape index (κ3) is 2.50. The van der Waals surface area contributed by atoms with Gasteiger partial charge in [-0.25, -0.2) is 0 Å². The van der Waals surface area contributed by atoms with Crippen LogP contribution in [0.5, 0.6) is 5.75 Å². The molecule has 15 heavy (non-hydrogen) atoms. The predicted octanol–water partition coefficient (Wildman–Crippen LogP) is 2.28. The lowest BCUT2D eigenvalue weighted by atomic mass is 10.0. The van der Waals surface area contributed by atoms with Crippen LogP contribution < -0.4 is 4.74 Å². The molecule has 0 aromatic heterocycles. The maximum atomic E-state index is 11.9. The minimum atomic E-state index is -2.95. The van der Waals surface area contributed by atoms with Crippen molar-refractivity contribution in [3.63, 3.8) is 0 Å². The summed E-state index contributed by atoms with van der Waals surface area (Å²) in [6, 6.07) is 4.15. The number of hydrogen-bond donors (Lipinski definition) is 0. The smallest absolute Gasteiger partial charge is 0.387 e. The summed E-state index contributed by atoms with van der Waals surface area (Å²) in [7, 11) is 0. The Morgan fingerprint density at radius 3 is 2.67 bits per heavy atom. The molecule has 0 spiro atoms. The lowest BCUT2D eigenvalue weighted by Gasteiger charge is -2.07. The molecule has 0 bridgehead atoms. The normalized spacial score (nSPS) is 9.80. The largest absolute Gasteiger partial charge is 0.435 e. The lowest BCUT2D eigenvalue weighted by Crippen LogP contribution is -2.03. The molecule has 0 atom stereocenters. The Labute approximate surface area is 84.9 Å². The summed E-state index contributed by atoms with van der Waals surface area (Å²) in [6.45, 7) is -1.40. The second-order valence-electron chi connectivity index (χ2n) is 2.81. The van der Waals surface area contributed by atoms with Crippen LogP contribution in [-0.2, 0) is 0 Å². The summed E-state index contributed by atoms with van der Waals surface area (Å²) < 4.78 is 27.9. The molecule has 0 fully saturated rings. The first-order valence-electron chi connectivity index (χ1n) is 4.03. The number of benzene rings is 1. The number of ether oxygens (including phenoxy) is 1. The summed E-state index contributed by atoms with van der Waals surface area (Å²) in [5.74, 6) is -0.121. The Morgan fingerprint density at radius 2 is 2.20 bits per heavy atom. The zero-order chi connectivity index (χ0) is 11.4. The number of carbonyl (C=O) groups is 1. The van der Waals surface area contributed by atoms with E-state index in [9.17, 15) is 13.6 Å². The molecule has 3 nitrogen and oxygen atoms in total. The van der Waals surface area contributed by atoms with Crippen molar-refractivity contribution in [2.45, 2.75) is 13.5 Å². The summed E-state index contributed by atoms with van der Waals surface area (Å²) >= 11 is 0. The second kappa shape index (κ2) is 4.51. The molecule has 0 saturated heterocycles. The molecular formula is C10H7F2NO2. The maximum Gasteiger partial charge on any atom is 0.387 e. The van der Waals surface area contributed by atoms with Crippen LogP contribution in [0.4, 0.5) is 8.78 Å². The average molecular weight is 211 g/mol. The standard InChI is InChI=1S/C10H7F2NO2/c1-6-2-8(15-10(11)12)3-7(4-13)9(6)5-14/h2-3,5,10H,1H3. The topological polar surface area (TPSA) is 50.1 Å². The van der Waals surface area contributed by atoms with Crippen molar-refractivity contribution in [2.24, 2.45) is 0 Å². The Morgan fingerprint density at radius 1 is 1.53 bits per heavy atom. The van der Waals surface area contributed by atoms with E-state index in [2.05, 4.69) is 4.74 Å². The van der Waals surface area contributed by atoms with Gasteiger partial charge in [0.15, 0.2) is 6.29 Å². The fourth-order valence-corrected chi connectivity index (χ4v) is 1.19. The molecule has 0 N–H and O–H groups in total. The van der Waals surface area contributed by atoms with Crippen LogP contribution in [0.15, 0.2) is 12.1 Å². The van der Waals surface area contributed by atoms with E-state index in [4.69, 9.17) is 5.26 Å². The fourth-order valence-electron chi connectivity index (χ4n) is 1.19. The number of nitrogens with zero attached hydrogens (tertiary/aromatic N) is 1. The van der Waals surface area contributed by atoms with Crippen LogP contribution in [0.3, 0.4) is 0 Å². The van der Waals surface area contributed by atoms with Crippen LogP contribution in [0.2, 0.25) is 0 Å². The van der Waals surface area contributed by atoms with Gasteiger partial charge in [-0.1, -0.05) is 0 Å². The highest BCUT2D eigenvalue weighted by Crippen LogP contribution is 2.22. The predicted molar refractivity (Wildman–Crippen MR) is 47.9 cm³/mol. The molecule has 1 aromatic rings. The summed E-state index contributed by atoms with van der Waals surface area (Å²) in [5, 5.41) is 8.68. The van der Waals surface area contributed by atoms with Gasteiger partial charge in [-0.05, 0) is 24.6 Å². The van der Waals surface area contributed by atoms with Gasteiger partial charge in [0.1, 0.15) is 11.8 Å². The third-order valence-corrected chi connectivity index (χ3v) is 1.82. The van der Waals surface area contributed by atoms with E-state index in [0.29, 0.717) is 11.8 Å². The van der Waals surface area contributed by atoms with E-state index in [1.54, 1.807) is 13.0 Å². The highest BCUT2D eigenvalue weighted by atomic mass is 19.3. The van der Waals surface area contributed by atoms with Gasteiger partial charge in [-0.15, -0.1) is 0 Å². The molecule has 0 unspecified atom stereocenters. The number of nitriles is 1. The molecule has 78 valence electrons. The molecule has 0 saturated carbocycles. The first kappa shape index (κ1) is 11.1. The first-order valence-corrected chi connectivity index (χ1v) is 4.03. The van der Waals surface area contributed by atoms with Crippen LogP contribution >= 0.6 is 0 Å². The number of halogens is 2. The van der Waals surface area contributed by atoms with E-state index in [0.717, 1.165) is 6.07 Å². The number of rotatable bonds is 3. The van der Waals surface area contributed by atoms with E-state index in [1.807, 2.05) is 0 Å². The molecule has 5 heteroatoms. The van der Waals surface area contributed by atoms with Gasteiger partial charge < -0.3 is 4.74 Å². The van der Waals surface area contributed by atoms with Crippen molar-refractivity contribution in [3.8, 4) is 11.8 Å². The number of alkyl halides is 2. The van der Waals surface area contributed by atoms with E-state index < -0.39 is 6.61 Å². The Kier molecular flexibility index (Phi) is 3.34. The van der Waals surface area contributed by atoms with Gasteiger partial charge in [0.05, 0.1) is 5.56 Å². The fraction of sp³-hybridized carbons (Fsp3) is 0.200. The van der Waals surface area contributed by atoms with Gasteiger partial charge in [-0.3, -0.25) is 4.79 Å². The molecular weight excluding hydrogens is 204 g/mol. The Balaban J connectivity index is 3.21. The van der Waals surface area contributed by atoms with Crippen molar-refractivity contribution in [3.05, 3.63) is 28.8 Å². The van der Waals surface area contributed by atoms with Crippen LogP contribution in [-0.4, -0.2) is 12.9 Å².